The van der Waals surface area contributed by atoms with E-state index < -0.39 is 40.9 Å². The summed E-state index contributed by atoms with van der Waals surface area (Å²) >= 11 is 0. The molecule has 0 saturated carbocycles. The number of amides is 2. The van der Waals surface area contributed by atoms with E-state index in [0.29, 0.717) is 17.7 Å². The number of nitrogens with one attached hydrogen (secondary N) is 1. The van der Waals surface area contributed by atoms with Crippen LogP contribution in [0.15, 0.2) is 66.7 Å². The molecular formula is C24H14F8N2O2. The highest BCUT2D eigenvalue weighted by atomic mass is 19.4. The molecule has 0 spiro atoms. The van der Waals surface area contributed by atoms with E-state index in [1.807, 2.05) is 0 Å². The first-order valence-electron chi connectivity index (χ1n) is 10.2. The molecular weight excluding hydrogens is 500 g/mol. The quantitative estimate of drug-likeness (QED) is 0.403. The second kappa shape index (κ2) is 8.61. The fraction of sp³-hybridized carbons (Fsp3) is 0.167. The minimum atomic E-state index is -6.29. The highest BCUT2D eigenvalue weighted by molar-refractivity contribution is 6.11. The lowest BCUT2D eigenvalue weighted by atomic mass is 9.94. The Morgan fingerprint density at radius 3 is 2.03 bits per heavy atom. The van der Waals surface area contributed by atoms with Gasteiger partial charge in [-0.25, -0.2) is 8.78 Å². The number of rotatable bonds is 4. The Labute approximate surface area is 198 Å². The van der Waals surface area contributed by atoms with Gasteiger partial charge in [-0.05, 0) is 42.0 Å². The average molecular weight is 514 g/mol. The van der Waals surface area contributed by atoms with Gasteiger partial charge in [-0.1, -0.05) is 30.3 Å². The van der Waals surface area contributed by atoms with Crippen molar-refractivity contribution >= 4 is 23.2 Å². The van der Waals surface area contributed by atoms with Crippen LogP contribution in [0.3, 0.4) is 0 Å². The molecule has 3 aromatic rings. The van der Waals surface area contributed by atoms with E-state index in [1.165, 1.54) is 11.0 Å². The number of alkyl halides is 7. The third-order valence-electron chi connectivity index (χ3n) is 5.65. The van der Waals surface area contributed by atoms with E-state index in [9.17, 15) is 44.7 Å². The molecule has 4 nitrogen and oxygen atoms in total. The molecule has 1 aliphatic heterocycles. The molecule has 12 heteroatoms. The van der Waals surface area contributed by atoms with Crippen LogP contribution in [0.5, 0.6) is 0 Å². The molecule has 188 valence electrons. The number of halogens is 8. The van der Waals surface area contributed by atoms with E-state index in [4.69, 9.17) is 0 Å². The fourth-order valence-corrected chi connectivity index (χ4v) is 3.79. The Hall–Kier alpha value is -3.96. The van der Waals surface area contributed by atoms with Gasteiger partial charge >= 0.3 is 18.0 Å². The molecule has 4 rings (SSSR count). The summed E-state index contributed by atoms with van der Waals surface area (Å²) in [4.78, 5) is 26.6. The molecule has 0 aromatic heterocycles. The Morgan fingerprint density at radius 2 is 1.44 bits per heavy atom. The van der Waals surface area contributed by atoms with Crippen molar-refractivity contribution in [3.8, 4) is 0 Å². The summed E-state index contributed by atoms with van der Waals surface area (Å²) in [6, 6.07) is 11.8. The maximum atomic E-state index is 14.4. The van der Waals surface area contributed by atoms with Crippen LogP contribution in [0.25, 0.3) is 0 Å². The van der Waals surface area contributed by atoms with Gasteiger partial charge in [0.25, 0.3) is 11.8 Å². The van der Waals surface area contributed by atoms with Crippen LogP contribution in [0.2, 0.25) is 0 Å². The number of benzene rings is 3. The molecule has 0 fully saturated rings. The third kappa shape index (κ3) is 4.16. The lowest BCUT2D eigenvalue weighted by molar-refractivity contribution is -0.348. The van der Waals surface area contributed by atoms with Gasteiger partial charge in [-0.2, -0.15) is 26.3 Å². The zero-order valence-corrected chi connectivity index (χ0v) is 17.8. The maximum Gasteiger partial charge on any atom is 0.435 e. The number of fused-ring (bicyclic) bond motifs is 1. The number of anilines is 2. The van der Waals surface area contributed by atoms with Crippen molar-refractivity contribution in [2.45, 2.75) is 24.6 Å². The Bertz CT molecular complexity index is 1320. The van der Waals surface area contributed by atoms with Crippen molar-refractivity contribution in [3.63, 3.8) is 0 Å². The summed E-state index contributed by atoms with van der Waals surface area (Å²) in [5, 5.41) is 2.13. The van der Waals surface area contributed by atoms with E-state index in [-0.39, 0.29) is 36.0 Å². The summed E-state index contributed by atoms with van der Waals surface area (Å²) in [6.07, 6.45) is -12.6. The molecule has 1 N–H and O–H groups in total. The van der Waals surface area contributed by atoms with Crippen molar-refractivity contribution < 1.29 is 44.7 Å². The van der Waals surface area contributed by atoms with Crippen LogP contribution >= 0.6 is 0 Å². The molecule has 2 amide bonds. The van der Waals surface area contributed by atoms with Gasteiger partial charge in [-0.15, -0.1) is 0 Å². The number of hydrogen-bond acceptors (Lipinski definition) is 2. The second-order valence-electron chi connectivity index (χ2n) is 7.90. The van der Waals surface area contributed by atoms with Gasteiger partial charge in [0.15, 0.2) is 0 Å². The molecule has 0 aliphatic carbocycles. The first-order chi connectivity index (χ1) is 16.7. The first kappa shape index (κ1) is 25.1. The van der Waals surface area contributed by atoms with Gasteiger partial charge in [0.1, 0.15) is 5.82 Å². The Morgan fingerprint density at radius 1 is 0.833 bits per heavy atom. The predicted octanol–water partition coefficient (Wildman–Crippen LogP) is 6.53. The van der Waals surface area contributed by atoms with E-state index in [2.05, 4.69) is 5.32 Å². The molecule has 0 radical (unpaired) electrons. The lowest BCUT2D eigenvalue weighted by Crippen LogP contribution is -2.50. The third-order valence-corrected chi connectivity index (χ3v) is 5.65. The van der Waals surface area contributed by atoms with Crippen LogP contribution in [-0.2, 0) is 12.2 Å². The van der Waals surface area contributed by atoms with Gasteiger partial charge in [0.05, 0.1) is 12.1 Å². The summed E-state index contributed by atoms with van der Waals surface area (Å²) < 4.78 is 106. The largest absolute Gasteiger partial charge is 0.435 e. The zero-order chi connectivity index (χ0) is 26.5. The molecule has 3 aromatic carbocycles. The first-order valence-corrected chi connectivity index (χ1v) is 10.2. The number of carbonyl (C=O) groups excluding carboxylic acids is 2. The molecule has 0 unspecified atom stereocenters. The topological polar surface area (TPSA) is 49.4 Å². The highest BCUT2D eigenvalue weighted by Gasteiger charge is 2.73. The van der Waals surface area contributed by atoms with Gasteiger partial charge in [-0.3, -0.25) is 9.59 Å². The van der Waals surface area contributed by atoms with Crippen molar-refractivity contribution in [3.05, 3.63) is 94.8 Å². The minimum absolute atomic E-state index is 0.173. The number of nitrogens with zero attached hydrogens (tertiary/aromatic N) is 1. The second-order valence-corrected chi connectivity index (χ2v) is 7.90. The van der Waals surface area contributed by atoms with Crippen molar-refractivity contribution in [1.29, 1.82) is 0 Å². The van der Waals surface area contributed by atoms with E-state index in [1.54, 1.807) is 24.3 Å². The van der Waals surface area contributed by atoms with Crippen molar-refractivity contribution in [2.75, 3.05) is 10.2 Å². The number of hydrogen-bond donors (Lipinski definition) is 1. The molecule has 0 atom stereocenters. The SMILES string of the molecule is O=C(Nc1ccc(C(F)(C(F)(F)F)C(F)(F)F)cc1)c1cc(N2Cc3ccccc3C2=O)ccc1F. The van der Waals surface area contributed by atoms with Crippen LogP contribution in [-0.4, -0.2) is 24.2 Å². The summed E-state index contributed by atoms with van der Waals surface area (Å²) in [5.74, 6) is -2.46. The van der Waals surface area contributed by atoms with E-state index >= 15 is 0 Å². The summed E-state index contributed by atoms with van der Waals surface area (Å²) in [5.41, 5.74) is -6.86. The van der Waals surface area contributed by atoms with Crippen LogP contribution < -0.4 is 10.2 Å². The van der Waals surface area contributed by atoms with Crippen molar-refractivity contribution in [2.24, 2.45) is 0 Å². The minimum Gasteiger partial charge on any atom is -0.322 e. The average Bonchev–Trinajstić information content (AvgIpc) is 3.14. The van der Waals surface area contributed by atoms with Crippen LogP contribution in [0, 0.1) is 5.82 Å². The van der Waals surface area contributed by atoms with Gasteiger partial charge in [0, 0.05) is 22.5 Å². The normalized spacial score (nSPS) is 14.1. The highest BCUT2D eigenvalue weighted by Crippen LogP contribution is 2.53. The molecule has 36 heavy (non-hydrogen) atoms. The summed E-state index contributed by atoms with van der Waals surface area (Å²) in [7, 11) is 0. The molecule has 1 aliphatic rings. The van der Waals surface area contributed by atoms with E-state index in [0.717, 1.165) is 17.7 Å². The number of carbonyl (C=O) groups is 2. The van der Waals surface area contributed by atoms with Gasteiger partial charge < -0.3 is 10.2 Å². The maximum absolute atomic E-state index is 14.4. The molecule has 1 heterocycles. The van der Waals surface area contributed by atoms with Crippen molar-refractivity contribution in [1.82, 2.24) is 0 Å². The fourth-order valence-electron chi connectivity index (χ4n) is 3.79. The monoisotopic (exact) mass is 514 g/mol. The van der Waals surface area contributed by atoms with Gasteiger partial charge in [0.2, 0.25) is 0 Å². The van der Waals surface area contributed by atoms with Crippen LogP contribution in [0.4, 0.5) is 46.5 Å². The standard InChI is InChI=1S/C24H14F8N2O2/c25-19-10-9-16(34-12-13-3-1-2-4-17(13)21(34)36)11-18(19)20(35)33-15-7-5-14(6-8-15)22(26,23(27,28)29)24(30,31)32/h1-11H,12H2,(H,33,35). The lowest BCUT2D eigenvalue weighted by Gasteiger charge is -2.30. The Kier molecular flexibility index (Phi) is 6.01. The molecule has 0 saturated heterocycles. The summed E-state index contributed by atoms with van der Waals surface area (Å²) in [6.45, 7) is 0.173. The smallest absolute Gasteiger partial charge is 0.322 e. The zero-order valence-electron chi connectivity index (χ0n) is 17.8. The predicted molar refractivity (Wildman–Crippen MR) is 113 cm³/mol. The molecule has 0 bridgehead atoms. The Balaban J connectivity index is 1.57. The van der Waals surface area contributed by atoms with Crippen LogP contribution in [0.1, 0.15) is 31.8 Å².